The lowest BCUT2D eigenvalue weighted by atomic mass is 9.87. The van der Waals surface area contributed by atoms with Crippen LogP contribution in [0.5, 0.6) is 0 Å². The van der Waals surface area contributed by atoms with E-state index in [1.54, 1.807) is 0 Å². The van der Waals surface area contributed by atoms with E-state index in [2.05, 4.69) is 12.2 Å². The Bertz CT molecular complexity index is 154. The summed E-state index contributed by atoms with van der Waals surface area (Å²) in [5, 5.41) is 13.1. The van der Waals surface area contributed by atoms with Gasteiger partial charge in [0.05, 0.1) is 5.60 Å². The topological polar surface area (TPSA) is 32.3 Å². The fourth-order valence-corrected chi connectivity index (χ4v) is 2.05. The predicted molar refractivity (Wildman–Crippen MR) is 60.3 cm³/mol. The summed E-state index contributed by atoms with van der Waals surface area (Å²) in [5.41, 5.74) is -0.519. The molecule has 0 aromatic heterocycles. The molecule has 1 rings (SSSR count). The predicted octanol–water partition coefficient (Wildman–Crippen LogP) is 2.32. The summed E-state index contributed by atoms with van der Waals surface area (Å²) >= 11 is 0. The van der Waals surface area contributed by atoms with Crippen LogP contribution in [0.3, 0.4) is 0 Å². The van der Waals surface area contributed by atoms with Crippen LogP contribution in [0.15, 0.2) is 0 Å². The van der Waals surface area contributed by atoms with Gasteiger partial charge in [-0.05, 0) is 58.4 Å². The van der Waals surface area contributed by atoms with Gasteiger partial charge in [0, 0.05) is 6.04 Å². The second-order valence-corrected chi connectivity index (χ2v) is 5.47. The molecule has 14 heavy (non-hydrogen) atoms. The average Bonchev–Trinajstić information content (AvgIpc) is 2.06. The first-order valence-electron chi connectivity index (χ1n) is 5.93. The van der Waals surface area contributed by atoms with E-state index in [0.717, 1.165) is 18.9 Å². The molecule has 2 heteroatoms. The molecule has 0 aromatic rings. The second kappa shape index (κ2) is 5.13. The first-order chi connectivity index (χ1) is 6.47. The van der Waals surface area contributed by atoms with Crippen molar-refractivity contribution in [3.05, 3.63) is 0 Å². The monoisotopic (exact) mass is 199 g/mol. The molecule has 0 saturated heterocycles. The van der Waals surface area contributed by atoms with Crippen LogP contribution < -0.4 is 5.32 Å². The van der Waals surface area contributed by atoms with E-state index in [1.165, 1.54) is 25.7 Å². The number of hydrogen-bond acceptors (Lipinski definition) is 2. The van der Waals surface area contributed by atoms with Gasteiger partial charge in [0.15, 0.2) is 0 Å². The third-order valence-electron chi connectivity index (χ3n) is 3.19. The van der Waals surface area contributed by atoms with Crippen LogP contribution in [0.4, 0.5) is 0 Å². The highest BCUT2D eigenvalue weighted by molar-refractivity contribution is 4.76. The van der Waals surface area contributed by atoms with E-state index < -0.39 is 5.60 Å². The summed E-state index contributed by atoms with van der Waals surface area (Å²) in [4.78, 5) is 0. The molecule has 1 aliphatic carbocycles. The van der Waals surface area contributed by atoms with Crippen molar-refractivity contribution in [2.24, 2.45) is 5.92 Å². The third-order valence-corrected chi connectivity index (χ3v) is 3.19. The molecule has 0 unspecified atom stereocenters. The van der Waals surface area contributed by atoms with Crippen LogP contribution in [0.2, 0.25) is 0 Å². The van der Waals surface area contributed by atoms with Crippen LogP contribution in [0, 0.1) is 5.92 Å². The van der Waals surface area contributed by atoms with Crippen LogP contribution >= 0.6 is 0 Å². The largest absolute Gasteiger partial charge is 0.390 e. The summed E-state index contributed by atoms with van der Waals surface area (Å²) in [6.45, 7) is 7.03. The average molecular weight is 199 g/mol. The first kappa shape index (κ1) is 12.0. The first-order valence-corrected chi connectivity index (χ1v) is 5.93. The van der Waals surface area contributed by atoms with Gasteiger partial charge in [-0.2, -0.15) is 0 Å². The highest BCUT2D eigenvalue weighted by atomic mass is 16.3. The highest BCUT2D eigenvalue weighted by Crippen LogP contribution is 2.23. The summed E-state index contributed by atoms with van der Waals surface area (Å²) in [6, 6.07) is 0.702. The molecular formula is C12H25NO. The van der Waals surface area contributed by atoms with Gasteiger partial charge in [0.1, 0.15) is 0 Å². The quantitative estimate of drug-likeness (QED) is 0.728. The number of aliphatic hydroxyl groups is 1. The lowest BCUT2D eigenvalue weighted by Crippen LogP contribution is -2.36. The Balaban J connectivity index is 2.08. The van der Waals surface area contributed by atoms with E-state index in [-0.39, 0.29) is 0 Å². The maximum atomic E-state index is 9.55. The Hall–Kier alpha value is -0.0800. The smallest absolute Gasteiger partial charge is 0.0603 e. The minimum Gasteiger partial charge on any atom is -0.390 e. The molecule has 1 fully saturated rings. The summed E-state index contributed by atoms with van der Waals surface area (Å²) in [5.74, 6) is 0.919. The van der Waals surface area contributed by atoms with Gasteiger partial charge >= 0.3 is 0 Å². The molecule has 0 atom stereocenters. The maximum absolute atomic E-state index is 9.55. The highest BCUT2D eigenvalue weighted by Gasteiger charge is 2.18. The van der Waals surface area contributed by atoms with E-state index >= 15 is 0 Å². The van der Waals surface area contributed by atoms with Crippen molar-refractivity contribution in [3.8, 4) is 0 Å². The van der Waals surface area contributed by atoms with Crippen molar-refractivity contribution >= 4 is 0 Å². The Morgan fingerprint density at radius 3 is 2.29 bits per heavy atom. The molecule has 2 nitrogen and oxygen atoms in total. The molecule has 0 spiro atoms. The van der Waals surface area contributed by atoms with Gasteiger partial charge < -0.3 is 10.4 Å². The zero-order chi connectivity index (χ0) is 10.6. The molecule has 0 radical (unpaired) electrons. The SMILES string of the molecule is CC1CCC(NCCC(C)(C)O)CC1. The Kier molecular flexibility index (Phi) is 4.39. The zero-order valence-electron chi connectivity index (χ0n) is 9.84. The standard InChI is InChI=1S/C12H25NO/c1-10-4-6-11(7-5-10)13-9-8-12(2,3)14/h10-11,13-14H,4-9H2,1-3H3. The number of rotatable bonds is 4. The van der Waals surface area contributed by atoms with Crippen molar-refractivity contribution in [2.75, 3.05) is 6.54 Å². The minimum absolute atomic E-state index is 0.519. The molecule has 0 bridgehead atoms. The molecule has 2 N–H and O–H groups in total. The number of hydrogen-bond donors (Lipinski definition) is 2. The molecular weight excluding hydrogens is 174 g/mol. The van der Waals surface area contributed by atoms with E-state index in [0.29, 0.717) is 6.04 Å². The van der Waals surface area contributed by atoms with Crippen molar-refractivity contribution in [3.63, 3.8) is 0 Å². The van der Waals surface area contributed by atoms with Gasteiger partial charge in [-0.25, -0.2) is 0 Å². The minimum atomic E-state index is -0.519. The molecule has 0 heterocycles. The fraction of sp³-hybridized carbons (Fsp3) is 1.00. The molecule has 1 saturated carbocycles. The van der Waals surface area contributed by atoms with Crippen LogP contribution in [0.25, 0.3) is 0 Å². The molecule has 0 amide bonds. The van der Waals surface area contributed by atoms with Gasteiger partial charge in [0.2, 0.25) is 0 Å². The van der Waals surface area contributed by atoms with Crippen molar-refractivity contribution in [2.45, 2.75) is 64.5 Å². The van der Waals surface area contributed by atoms with Gasteiger partial charge in [-0.15, -0.1) is 0 Å². The molecule has 1 aliphatic rings. The van der Waals surface area contributed by atoms with Gasteiger partial charge in [0.25, 0.3) is 0 Å². The van der Waals surface area contributed by atoms with Crippen molar-refractivity contribution in [1.29, 1.82) is 0 Å². The van der Waals surface area contributed by atoms with Crippen LogP contribution in [-0.2, 0) is 0 Å². The fourth-order valence-electron chi connectivity index (χ4n) is 2.05. The Morgan fingerprint density at radius 2 is 1.79 bits per heavy atom. The normalized spacial score (nSPS) is 29.1. The van der Waals surface area contributed by atoms with Crippen molar-refractivity contribution in [1.82, 2.24) is 5.32 Å². The summed E-state index contributed by atoms with van der Waals surface area (Å²) in [7, 11) is 0. The lowest BCUT2D eigenvalue weighted by Gasteiger charge is -2.28. The molecule has 84 valence electrons. The zero-order valence-corrected chi connectivity index (χ0v) is 9.84. The third kappa shape index (κ3) is 4.97. The lowest BCUT2D eigenvalue weighted by molar-refractivity contribution is 0.0697. The van der Waals surface area contributed by atoms with Crippen molar-refractivity contribution < 1.29 is 5.11 Å². The van der Waals surface area contributed by atoms with Gasteiger partial charge in [-0.3, -0.25) is 0 Å². The van der Waals surface area contributed by atoms with E-state index in [1.807, 2.05) is 13.8 Å². The van der Waals surface area contributed by atoms with E-state index in [9.17, 15) is 5.11 Å². The van der Waals surface area contributed by atoms with E-state index in [4.69, 9.17) is 0 Å². The Labute approximate surface area is 88.1 Å². The number of nitrogens with one attached hydrogen (secondary N) is 1. The molecule has 0 aromatic carbocycles. The van der Waals surface area contributed by atoms with Crippen LogP contribution in [-0.4, -0.2) is 23.3 Å². The second-order valence-electron chi connectivity index (χ2n) is 5.47. The summed E-state index contributed by atoms with van der Waals surface area (Å²) < 4.78 is 0. The molecule has 0 aliphatic heterocycles. The summed E-state index contributed by atoms with van der Waals surface area (Å²) in [6.07, 6.45) is 6.19. The van der Waals surface area contributed by atoms with Gasteiger partial charge in [-0.1, -0.05) is 6.92 Å². The Morgan fingerprint density at radius 1 is 1.21 bits per heavy atom. The van der Waals surface area contributed by atoms with Crippen LogP contribution in [0.1, 0.15) is 52.9 Å². The maximum Gasteiger partial charge on any atom is 0.0603 e.